The molecule has 0 spiro atoms. The summed E-state index contributed by atoms with van der Waals surface area (Å²) in [5.74, 6) is -0.165. The van der Waals surface area contributed by atoms with Crippen LogP contribution < -0.4 is 5.76 Å². The van der Waals surface area contributed by atoms with Gasteiger partial charge in [-0.2, -0.15) is 5.10 Å². The first-order chi connectivity index (χ1) is 15.1. The van der Waals surface area contributed by atoms with Crippen molar-refractivity contribution in [1.29, 1.82) is 0 Å². The van der Waals surface area contributed by atoms with Crippen LogP contribution in [0.3, 0.4) is 0 Å². The number of rotatable bonds is 5. The van der Waals surface area contributed by atoms with Crippen LogP contribution in [0.15, 0.2) is 79.0 Å². The van der Waals surface area contributed by atoms with Crippen molar-refractivity contribution in [2.24, 2.45) is 5.10 Å². The van der Waals surface area contributed by atoms with Gasteiger partial charge in [0.05, 0.1) is 16.9 Å². The average Bonchev–Trinajstić information content (AvgIpc) is 3.56. The van der Waals surface area contributed by atoms with E-state index in [0.717, 1.165) is 16.2 Å². The van der Waals surface area contributed by atoms with E-state index in [2.05, 4.69) is 10.3 Å². The van der Waals surface area contributed by atoms with Gasteiger partial charge in [0.2, 0.25) is 0 Å². The number of benzene rings is 1. The van der Waals surface area contributed by atoms with Crippen molar-refractivity contribution in [3.05, 3.63) is 87.1 Å². The quantitative estimate of drug-likeness (QED) is 0.450. The molecule has 156 valence electrons. The maximum Gasteiger partial charge on any atom is 0.442 e. The lowest BCUT2D eigenvalue weighted by Gasteiger charge is -2.19. The van der Waals surface area contributed by atoms with E-state index in [4.69, 9.17) is 20.5 Å². The zero-order chi connectivity index (χ0) is 21.4. The molecule has 0 radical (unpaired) electrons. The Hall–Kier alpha value is -3.43. The van der Waals surface area contributed by atoms with Gasteiger partial charge in [-0.05, 0) is 41.3 Å². The summed E-state index contributed by atoms with van der Waals surface area (Å²) in [6, 6.07) is 14.0. The van der Waals surface area contributed by atoms with Crippen molar-refractivity contribution < 1.29 is 13.7 Å². The van der Waals surface area contributed by atoms with Crippen LogP contribution in [-0.2, 0) is 11.3 Å². The number of thiophene rings is 1. The second-order valence-electron chi connectivity index (χ2n) is 6.86. The number of aromatic nitrogens is 2. The first kappa shape index (κ1) is 19.5. The monoisotopic (exact) mass is 454 g/mol. The third-order valence-electron chi connectivity index (χ3n) is 4.94. The zero-order valence-electron chi connectivity index (χ0n) is 16.0. The Morgan fingerprint density at radius 3 is 2.74 bits per heavy atom. The van der Waals surface area contributed by atoms with E-state index < -0.39 is 11.8 Å². The minimum atomic E-state index is -0.701. The maximum atomic E-state index is 13.3. The van der Waals surface area contributed by atoms with E-state index >= 15 is 0 Å². The van der Waals surface area contributed by atoms with Gasteiger partial charge in [-0.1, -0.05) is 35.0 Å². The van der Waals surface area contributed by atoms with E-state index in [1.807, 2.05) is 23.6 Å². The molecule has 5 rings (SSSR count). The number of halogens is 1. The number of hydrogen-bond acceptors (Lipinski definition) is 7. The summed E-state index contributed by atoms with van der Waals surface area (Å²) in [5.41, 5.74) is 1.58. The predicted molar refractivity (Wildman–Crippen MR) is 115 cm³/mol. The summed E-state index contributed by atoms with van der Waals surface area (Å²) in [5, 5.41) is 12.2. The number of nitrogens with zero attached hydrogens (tertiary/aromatic N) is 4. The number of hydrogen-bond donors (Lipinski definition) is 0. The Kier molecular flexibility index (Phi) is 5.05. The van der Waals surface area contributed by atoms with Crippen LogP contribution in [0.2, 0.25) is 5.02 Å². The molecule has 1 aliphatic heterocycles. The molecule has 0 aliphatic carbocycles. The highest BCUT2D eigenvalue weighted by molar-refractivity contribution is 7.13. The number of hydrazone groups is 1. The Labute approximate surface area is 185 Å². The summed E-state index contributed by atoms with van der Waals surface area (Å²) < 4.78 is 11.6. The third-order valence-corrected chi connectivity index (χ3v) is 6.05. The van der Waals surface area contributed by atoms with Gasteiger partial charge in [-0.15, -0.1) is 11.3 Å². The SMILES string of the molecule is O=C(Cn1c(-c2cccs2)noc1=O)N1N=C(c2ccc(Cl)cc2)C[C@H]1c1ccco1. The lowest BCUT2D eigenvalue weighted by Crippen LogP contribution is -2.33. The highest BCUT2D eigenvalue weighted by atomic mass is 35.5. The maximum absolute atomic E-state index is 13.3. The first-order valence-electron chi connectivity index (χ1n) is 9.39. The van der Waals surface area contributed by atoms with Crippen LogP contribution in [-0.4, -0.2) is 26.4 Å². The van der Waals surface area contributed by atoms with E-state index in [1.165, 1.54) is 20.9 Å². The summed E-state index contributed by atoms with van der Waals surface area (Å²) >= 11 is 7.39. The fourth-order valence-electron chi connectivity index (χ4n) is 3.46. The minimum Gasteiger partial charge on any atom is -0.467 e. The second-order valence-corrected chi connectivity index (χ2v) is 8.25. The first-order valence-corrected chi connectivity index (χ1v) is 10.6. The molecule has 0 N–H and O–H groups in total. The molecule has 1 atom stereocenters. The van der Waals surface area contributed by atoms with Gasteiger partial charge < -0.3 is 4.42 Å². The van der Waals surface area contributed by atoms with Gasteiger partial charge in [0.25, 0.3) is 5.91 Å². The number of amides is 1. The molecule has 1 aromatic carbocycles. The van der Waals surface area contributed by atoms with Crippen LogP contribution >= 0.6 is 22.9 Å². The zero-order valence-corrected chi connectivity index (χ0v) is 17.5. The van der Waals surface area contributed by atoms with Gasteiger partial charge in [-0.3, -0.25) is 9.32 Å². The molecule has 4 aromatic rings. The molecule has 0 saturated carbocycles. The van der Waals surface area contributed by atoms with E-state index in [-0.39, 0.29) is 12.5 Å². The topological polar surface area (TPSA) is 93.8 Å². The van der Waals surface area contributed by atoms with Crippen LogP contribution in [0.4, 0.5) is 0 Å². The van der Waals surface area contributed by atoms with Crippen molar-refractivity contribution in [2.75, 3.05) is 0 Å². The molecule has 31 heavy (non-hydrogen) atoms. The average molecular weight is 455 g/mol. The number of furan rings is 1. The van der Waals surface area contributed by atoms with Crippen molar-refractivity contribution in [1.82, 2.24) is 14.7 Å². The Bertz CT molecular complexity index is 1290. The van der Waals surface area contributed by atoms with E-state index in [0.29, 0.717) is 23.0 Å². The molecule has 0 saturated heterocycles. The van der Waals surface area contributed by atoms with Gasteiger partial charge in [0.1, 0.15) is 18.3 Å². The number of carbonyl (C=O) groups is 1. The molecule has 0 unspecified atom stereocenters. The van der Waals surface area contributed by atoms with Crippen molar-refractivity contribution in [3.63, 3.8) is 0 Å². The second kappa shape index (κ2) is 8.01. The Balaban J connectivity index is 1.48. The molecular weight excluding hydrogens is 440 g/mol. The van der Waals surface area contributed by atoms with Gasteiger partial charge in [-0.25, -0.2) is 14.4 Å². The largest absolute Gasteiger partial charge is 0.467 e. The smallest absolute Gasteiger partial charge is 0.442 e. The van der Waals surface area contributed by atoms with E-state index in [1.54, 1.807) is 36.6 Å². The summed E-state index contributed by atoms with van der Waals surface area (Å²) in [6.07, 6.45) is 2.02. The molecular formula is C21H15ClN4O4S. The molecule has 1 aliphatic rings. The van der Waals surface area contributed by atoms with Crippen LogP contribution in [0, 0.1) is 0 Å². The standard InChI is InChI=1S/C21H15ClN4O4S/c22-14-7-5-13(6-8-14)15-11-16(17-3-1-9-29-17)26(23-15)19(27)12-25-20(24-30-21(25)28)18-4-2-10-31-18/h1-10,16H,11-12H2/t16-/m0/s1. The van der Waals surface area contributed by atoms with Gasteiger partial charge in [0.15, 0.2) is 5.82 Å². The lowest BCUT2D eigenvalue weighted by atomic mass is 10.0. The normalized spacial score (nSPS) is 16.0. The molecule has 1 amide bonds. The van der Waals surface area contributed by atoms with E-state index in [9.17, 15) is 9.59 Å². The third kappa shape index (κ3) is 3.73. The highest BCUT2D eigenvalue weighted by Gasteiger charge is 2.35. The molecule has 0 bridgehead atoms. The molecule has 3 aromatic heterocycles. The Morgan fingerprint density at radius 1 is 1.19 bits per heavy atom. The predicted octanol–water partition coefficient (Wildman–Crippen LogP) is 4.19. The summed E-state index contributed by atoms with van der Waals surface area (Å²) in [7, 11) is 0. The molecule has 0 fully saturated rings. The number of carbonyl (C=O) groups excluding carboxylic acids is 1. The Morgan fingerprint density at radius 2 is 2.03 bits per heavy atom. The van der Waals surface area contributed by atoms with Gasteiger partial charge >= 0.3 is 5.76 Å². The van der Waals surface area contributed by atoms with Crippen LogP contribution in [0.25, 0.3) is 10.7 Å². The molecule has 10 heteroatoms. The fraction of sp³-hybridized carbons (Fsp3) is 0.143. The van der Waals surface area contributed by atoms with Gasteiger partial charge in [0, 0.05) is 11.4 Å². The van der Waals surface area contributed by atoms with Crippen molar-refractivity contribution >= 4 is 34.6 Å². The van der Waals surface area contributed by atoms with Crippen molar-refractivity contribution in [3.8, 4) is 10.7 Å². The summed E-state index contributed by atoms with van der Waals surface area (Å²) in [4.78, 5) is 26.2. The fourth-order valence-corrected chi connectivity index (χ4v) is 4.30. The van der Waals surface area contributed by atoms with Crippen LogP contribution in [0.1, 0.15) is 23.8 Å². The molecule has 4 heterocycles. The molecule has 8 nitrogen and oxygen atoms in total. The minimum absolute atomic E-state index is 0.260. The summed E-state index contributed by atoms with van der Waals surface area (Å²) in [6.45, 7) is -0.260. The van der Waals surface area contributed by atoms with Crippen LogP contribution in [0.5, 0.6) is 0 Å². The highest BCUT2D eigenvalue weighted by Crippen LogP contribution is 2.33. The lowest BCUT2D eigenvalue weighted by molar-refractivity contribution is -0.134. The van der Waals surface area contributed by atoms with Crippen molar-refractivity contribution in [2.45, 2.75) is 19.0 Å².